The summed E-state index contributed by atoms with van der Waals surface area (Å²) in [7, 11) is 0. The Kier molecular flexibility index (Phi) is 3.97. The molecule has 2 amide bonds. The Morgan fingerprint density at radius 1 is 1.20 bits per heavy atom. The number of para-hydroxylation sites is 1. The van der Waals surface area contributed by atoms with Crippen LogP contribution in [0.4, 0.5) is 0 Å². The highest BCUT2D eigenvalue weighted by molar-refractivity contribution is 6.05. The summed E-state index contributed by atoms with van der Waals surface area (Å²) in [5, 5.41) is 10.8. The first-order valence-electron chi connectivity index (χ1n) is 8.28. The number of amides is 2. The van der Waals surface area contributed by atoms with Gasteiger partial charge in [-0.15, -0.1) is 0 Å². The number of furan rings is 1. The third-order valence-electron chi connectivity index (χ3n) is 4.57. The van der Waals surface area contributed by atoms with Crippen LogP contribution in [0.25, 0.3) is 10.9 Å². The van der Waals surface area contributed by atoms with Crippen LogP contribution < -0.4 is 5.32 Å². The van der Waals surface area contributed by atoms with Gasteiger partial charge in [-0.3, -0.25) is 14.7 Å². The molecule has 1 aliphatic rings. The van der Waals surface area contributed by atoms with Crippen molar-refractivity contribution in [2.75, 3.05) is 13.1 Å². The molecule has 7 nitrogen and oxygen atoms in total. The number of rotatable bonds is 3. The van der Waals surface area contributed by atoms with E-state index < -0.39 is 0 Å². The fourth-order valence-corrected chi connectivity index (χ4v) is 3.20. The minimum Gasteiger partial charge on any atom is -0.459 e. The molecule has 2 N–H and O–H groups in total. The standard InChI is InChI=1S/C18H18N4O3/c23-17(14-4-1-3-12-11-19-21-16(12)14)20-13-6-8-22(9-7-13)18(24)15-5-2-10-25-15/h1-5,10-11,13H,6-9H2,(H,19,21)(H,20,23). The Morgan fingerprint density at radius 2 is 2.04 bits per heavy atom. The number of fused-ring (bicyclic) bond motifs is 1. The molecule has 3 heterocycles. The molecule has 1 saturated heterocycles. The fraction of sp³-hybridized carbons (Fsp3) is 0.278. The summed E-state index contributed by atoms with van der Waals surface area (Å²) in [6.07, 6.45) is 4.63. The van der Waals surface area contributed by atoms with Gasteiger partial charge in [-0.2, -0.15) is 5.10 Å². The zero-order chi connectivity index (χ0) is 17.2. The number of benzene rings is 1. The van der Waals surface area contributed by atoms with Gasteiger partial charge in [-0.05, 0) is 31.0 Å². The Morgan fingerprint density at radius 3 is 2.80 bits per heavy atom. The fourth-order valence-electron chi connectivity index (χ4n) is 3.20. The van der Waals surface area contributed by atoms with E-state index in [1.165, 1.54) is 6.26 Å². The SMILES string of the molecule is O=C(NC1CCN(C(=O)c2ccco2)CC1)c1cccc2cn[nH]c12. The van der Waals surface area contributed by atoms with Gasteiger partial charge >= 0.3 is 0 Å². The molecule has 7 heteroatoms. The first-order chi connectivity index (χ1) is 12.2. The summed E-state index contributed by atoms with van der Waals surface area (Å²) < 4.78 is 5.16. The molecule has 1 aliphatic heterocycles. The molecule has 4 rings (SSSR count). The molecular formula is C18H18N4O3. The zero-order valence-electron chi connectivity index (χ0n) is 13.6. The Labute approximate surface area is 144 Å². The van der Waals surface area contributed by atoms with Crippen molar-refractivity contribution in [1.82, 2.24) is 20.4 Å². The maximum atomic E-state index is 12.6. The van der Waals surface area contributed by atoms with Crippen molar-refractivity contribution in [3.63, 3.8) is 0 Å². The highest BCUT2D eigenvalue weighted by Gasteiger charge is 2.26. The summed E-state index contributed by atoms with van der Waals surface area (Å²) in [6.45, 7) is 1.19. The lowest BCUT2D eigenvalue weighted by atomic mass is 10.0. The Hall–Kier alpha value is -3.09. The number of carbonyl (C=O) groups excluding carboxylic acids is 2. The molecule has 1 fully saturated rings. The molecule has 0 radical (unpaired) electrons. The number of hydrogen-bond acceptors (Lipinski definition) is 4. The smallest absolute Gasteiger partial charge is 0.289 e. The predicted octanol–water partition coefficient (Wildman–Crippen LogP) is 2.19. The molecular weight excluding hydrogens is 320 g/mol. The Bertz CT molecular complexity index is 892. The molecule has 0 bridgehead atoms. The van der Waals surface area contributed by atoms with E-state index in [-0.39, 0.29) is 17.9 Å². The van der Waals surface area contributed by atoms with E-state index in [0.29, 0.717) is 24.4 Å². The number of likely N-dealkylation sites (tertiary alicyclic amines) is 1. The highest BCUT2D eigenvalue weighted by Crippen LogP contribution is 2.18. The van der Waals surface area contributed by atoms with Crippen molar-refractivity contribution < 1.29 is 14.0 Å². The summed E-state index contributed by atoms with van der Waals surface area (Å²) in [6, 6.07) is 8.96. The number of aromatic nitrogens is 2. The molecule has 0 atom stereocenters. The largest absolute Gasteiger partial charge is 0.459 e. The topological polar surface area (TPSA) is 91.2 Å². The van der Waals surface area contributed by atoms with Crippen LogP contribution in [0.3, 0.4) is 0 Å². The normalized spacial score (nSPS) is 15.4. The van der Waals surface area contributed by atoms with Gasteiger partial charge < -0.3 is 14.6 Å². The average molecular weight is 338 g/mol. The second-order valence-corrected chi connectivity index (χ2v) is 6.16. The molecule has 0 aliphatic carbocycles. The van der Waals surface area contributed by atoms with Gasteiger partial charge in [-0.25, -0.2) is 0 Å². The number of piperidine rings is 1. The number of H-pyrrole nitrogens is 1. The van der Waals surface area contributed by atoms with Crippen LogP contribution in [-0.4, -0.2) is 46.0 Å². The van der Waals surface area contributed by atoms with Crippen LogP contribution >= 0.6 is 0 Å². The molecule has 0 unspecified atom stereocenters. The van der Waals surface area contributed by atoms with Crippen LogP contribution in [0.5, 0.6) is 0 Å². The van der Waals surface area contributed by atoms with Gasteiger partial charge in [0.15, 0.2) is 5.76 Å². The van der Waals surface area contributed by atoms with E-state index in [2.05, 4.69) is 15.5 Å². The van der Waals surface area contributed by atoms with E-state index in [4.69, 9.17) is 4.42 Å². The van der Waals surface area contributed by atoms with Crippen molar-refractivity contribution >= 4 is 22.7 Å². The van der Waals surface area contributed by atoms with Crippen molar-refractivity contribution in [3.8, 4) is 0 Å². The first kappa shape index (κ1) is 15.4. The number of hydrogen-bond donors (Lipinski definition) is 2. The number of carbonyl (C=O) groups is 2. The second kappa shape index (κ2) is 6.43. The molecule has 0 spiro atoms. The van der Waals surface area contributed by atoms with Crippen LogP contribution in [-0.2, 0) is 0 Å². The van der Waals surface area contributed by atoms with Gasteiger partial charge in [-0.1, -0.05) is 12.1 Å². The molecule has 0 saturated carbocycles. The molecule has 2 aromatic heterocycles. The van der Waals surface area contributed by atoms with Crippen molar-refractivity contribution in [1.29, 1.82) is 0 Å². The monoisotopic (exact) mass is 338 g/mol. The van der Waals surface area contributed by atoms with Crippen molar-refractivity contribution in [3.05, 3.63) is 54.1 Å². The lowest BCUT2D eigenvalue weighted by Gasteiger charge is -2.31. The summed E-state index contributed by atoms with van der Waals surface area (Å²) in [5.41, 5.74) is 1.33. The van der Waals surface area contributed by atoms with E-state index in [9.17, 15) is 9.59 Å². The molecule has 1 aromatic carbocycles. The molecule has 25 heavy (non-hydrogen) atoms. The van der Waals surface area contributed by atoms with Gasteiger partial charge in [0.05, 0.1) is 23.5 Å². The van der Waals surface area contributed by atoms with Gasteiger partial charge in [0.1, 0.15) is 0 Å². The van der Waals surface area contributed by atoms with Gasteiger partial charge in [0, 0.05) is 24.5 Å². The summed E-state index contributed by atoms with van der Waals surface area (Å²) >= 11 is 0. The third-order valence-corrected chi connectivity index (χ3v) is 4.57. The molecule has 3 aromatic rings. The second-order valence-electron chi connectivity index (χ2n) is 6.16. The summed E-state index contributed by atoms with van der Waals surface area (Å²) in [4.78, 5) is 26.6. The molecule has 128 valence electrons. The van der Waals surface area contributed by atoms with Crippen LogP contribution in [0, 0.1) is 0 Å². The number of aromatic amines is 1. The lowest BCUT2D eigenvalue weighted by molar-refractivity contribution is 0.0667. The Balaban J connectivity index is 1.38. The van der Waals surface area contributed by atoms with Gasteiger partial charge in [0.2, 0.25) is 0 Å². The third kappa shape index (κ3) is 3.00. The van der Waals surface area contributed by atoms with Crippen LogP contribution in [0.15, 0.2) is 47.2 Å². The first-order valence-corrected chi connectivity index (χ1v) is 8.28. The van der Waals surface area contributed by atoms with Crippen molar-refractivity contribution in [2.24, 2.45) is 0 Å². The van der Waals surface area contributed by atoms with E-state index in [0.717, 1.165) is 23.7 Å². The predicted molar refractivity (Wildman–Crippen MR) is 91.2 cm³/mol. The minimum atomic E-state index is -0.120. The minimum absolute atomic E-state index is 0.0475. The van der Waals surface area contributed by atoms with Crippen LogP contribution in [0.2, 0.25) is 0 Å². The van der Waals surface area contributed by atoms with Crippen LogP contribution in [0.1, 0.15) is 33.8 Å². The van der Waals surface area contributed by atoms with Crippen molar-refractivity contribution in [2.45, 2.75) is 18.9 Å². The number of nitrogens with zero attached hydrogens (tertiary/aromatic N) is 2. The highest BCUT2D eigenvalue weighted by atomic mass is 16.3. The maximum absolute atomic E-state index is 12.6. The van der Waals surface area contributed by atoms with Gasteiger partial charge in [0.25, 0.3) is 11.8 Å². The maximum Gasteiger partial charge on any atom is 0.289 e. The average Bonchev–Trinajstić information content (AvgIpc) is 3.33. The quantitative estimate of drug-likeness (QED) is 0.766. The summed E-state index contributed by atoms with van der Waals surface area (Å²) in [5.74, 6) is 0.135. The van der Waals surface area contributed by atoms with E-state index in [1.807, 2.05) is 12.1 Å². The zero-order valence-corrected chi connectivity index (χ0v) is 13.6. The number of nitrogens with one attached hydrogen (secondary N) is 2. The lowest BCUT2D eigenvalue weighted by Crippen LogP contribution is -2.46. The van der Waals surface area contributed by atoms with E-state index >= 15 is 0 Å². The van der Waals surface area contributed by atoms with E-state index in [1.54, 1.807) is 29.3 Å².